The molecule has 0 aromatic heterocycles. The van der Waals surface area contributed by atoms with Gasteiger partial charge in [0.1, 0.15) is 12.1 Å². The number of allylic oxidation sites excluding steroid dienone is 2. The minimum atomic E-state index is -1.38. The van der Waals surface area contributed by atoms with Crippen LogP contribution in [0.5, 0.6) is 0 Å². The van der Waals surface area contributed by atoms with E-state index in [4.69, 9.17) is 14.9 Å². The van der Waals surface area contributed by atoms with E-state index in [2.05, 4.69) is 36.6 Å². The number of carboxylic acid groups (broad SMARTS) is 1. The molecule has 0 aliphatic carbocycles. The summed E-state index contributed by atoms with van der Waals surface area (Å²) in [6.45, 7) is 3.52. The molecule has 9 nitrogen and oxygen atoms in total. The van der Waals surface area contributed by atoms with E-state index >= 15 is 0 Å². The number of aliphatic hydroxyl groups is 1. The molecule has 0 bridgehead atoms. The summed E-state index contributed by atoms with van der Waals surface area (Å²) in [5, 5.41) is 22.6. The predicted molar refractivity (Wildman–Crippen MR) is 259 cm³/mol. The Morgan fingerprint density at radius 2 is 0.823 bits per heavy atom. The number of hydrogen-bond acceptors (Lipinski definition) is 6. The van der Waals surface area contributed by atoms with Gasteiger partial charge in [0.25, 0.3) is 0 Å². The van der Waals surface area contributed by atoms with Gasteiger partial charge in [0, 0.05) is 12.8 Å². The number of unbranched alkanes of at least 4 members (excludes halogenated alkanes) is 33. The molecule has 2 unspecified atom stereocenters. The fourth-order valence-electron chi connectivity index (χ4n) is 8.18. The first-order valence-corrected chi connectivity index (χ1v) is 26.6. The van der Waals surface area contributed by atoms with Crippen LogP contribution in [0.2, 0.25) is 0 Å². The van der Waals surface area contributed by atoms with E-state index in [1.54, 1.807) is 0 Å². The van der Waals surface area contributed by atoms with Gasteiger partial charge in [0.15, 0.2) is 0 Å². The van der Waals surface area contributed by atoms with Gasteiger partial charge in [-0.15, -0.1) is 0 Å². The molecular weight excluding hydrogens is 777 g/mol. The molecule has 0 radical (unpaired) electrons. The van der Waals surface area contributed by atoms with Crippen LogP contribution in [-0.2, 0) is 23.9 Å². The minimum Gasteiger partial charge on any atom is -0.480 e. The van der Waals surface area contributed by atoms with Crippen molar-refractivity contribution in [3.63, 3.8) is 0 Å². The zero-order valence-electron chi connectivity index (χ0n) is 40.7. The van der Waals surface area contributed by atoms with Crippen molar-refractivity contribution in [2.75, 3.05) is 13.2 Å². The van der Waals surface area contributed by atoms with E-state index in [-0.39, 0.29) is 24.5 Å². The smallest absolute Gasteiger partial charge is 0.328 e. The van der Waals surface area contributed by atoms with Gasteiger partial charge < -0.3 is 25.6 Å². The molecule has 0 aromatic carbocycles. The summed E-state index contributed by atoms with van der Waals surface area (Å²) in [5.41, 5.74) is 0. The van der Waals surface area contributed by atoms with Crippen LogP contribution in [0.1, 0.15) is 277 Å². The Balaban J connectivity index is 4.26. The molecular formula is C53H100N2O7. The van der Waals surface area contributed by atoms with Gasteiger partial charge in [-0.25, -0.2) is 4.79 Å². The van der Waals surface area contributed by atoms with Gasteiger partial charge in [-0.2, -0.15) is 0 Å². The van der Waals surface area contributed by atoms with E-state index in [1.807, 2.05) is 0 Å². The third-order valence-electron chi connectivity index (χ3n) is 12.3. The lowest BCUT2D eigenvalue weighted by Crippen LogP contribution is -2.47. The zero-order chi connectivity index (χ0) is 45.4. The lowest BCUT2D eigenvalue weighted by molar-refractivity contribution is -0.150. The van der Waals surface area contributed by atoms with Gasteiger partial charge in [0.05, 0.1) is 13.2 Å². The number of carboxylic acids is 1. The zero-order valence-corrected chi connectivity index (χ0v) is 40.7. The quantitative estimate of drug-likeness (QED) is 0.0271. The molecule has 0 spiro atoms. The van der Waals surface area contributed by atoms with Crippen molar-refractivity contribution in [3.05, 3.63) is 12.2 Å². The molecule has 364 valence electrons. The first-order valence-electron chi connectivity index (χ1n) is 26.6. The van der Waals surface area contributed by atoms with E-state index in [1.165, 1.54) is 186 Å². The number of esters is 1. The van der Waals surface area contributed by atoms with Crippen molar-refractivity contribution in [2.24, 2.45) is 0 Å². The highest BCUT2D eigenvalue weighted by atomic mass is 16.5. The van der Waals surface area contributed by atoms with Crippen molar-refractivity contribution in [3.8, 4) is 0 Å². The third-order valence-corrected chi connectivity index (χ3v) is 12.3. The average molecular weight is 877 g/mol. The molecule has 62 heavy (non-hydrogen) atoms. The van der Waals surface area contributed by atoms with Crippen molar-refractivity contribution in [2.45, 2.75) is 289 Å². The number of rotatable bonds is 49. The van der Waals surface area contributed by atoms with Gasteiger partial charge in [-0.05, 0) is 64.2 Å². The van der Waals surface area contributed by atoms with Crippen LogP contribution in [0.25, 0.3) is 0 Å². The maximum Gasteiger partial charge on any atom is 0.328 e. The van der Waals surface area contributed by atoms with Crippen LogP contribution in [0, 0.1) is 0 Å². The predicted octanol–water partition coefficient (Wildman–Crippen LogP) is 14.2. The molecule has 0 aromatic rings. The van der Waals surface area contributed by atoms with Crippen molar-refractivity contribution in [1.82, 2.24) is 10.6 Å². The number of ether oxygens (including phenoxy) is 1. The number of hydrogen-bond donors (Lipinski definition) is 4. The van der Waals surface area contributed by atoms with Crippen LogP contribution >= 0.6 is 0 Å². The maximum atomic E-state index is 12.9. The number of carbonyl (C=O) groups excluding carboxylic acids is 3. The number of nitrogens with one attached hydrogen (secondary N) is 2. The Labute approximate surface area is 381 Å². The van der Waals surface area contributed by atoms with Crippen LogP contribution < -0.4 is 10.6 Å². The van der Waals surface area contributed by atoms with Crippen molar-refractivity contribution in [1.29, 1.82) is 0 Å². The fourth-order valence-corrected chi connectivity index (χ4v) is 8.18. The molecule has 4 N–H and O–H groups in total. The first kappa shape index (κ1) is 59.6. The van der Waals surface area contributed by atoms with Gasteiger partial charge >= 0.3 is 11.9 Å². The lowest BCUT2D eigenvalue weighted by Gasteiger charge is -2.18. The summed E-state index contributed by atoms with van der Waals surface area (Å²) in [6, 6.07) is -1.38. The number of carbonyl (C=O) groups is 4. The highest BCUT2D eigenvalue weighted by molar-refractivity contribution is 5.87. The molecule has 0 fully saturated rings. The molecule has 0 saturated heterocycles. The second kappa shape index (κ2) is 48.0. The Morgan fingerprint density at radius 3 is 1.21 bits per heavy atom. The monoisotopic (exact) mass is 877 g/mol. The molecule has 0 rings (SSSR count). The summed E-state index contributed by atoms with van der Waals surface area (Å²) in [7, 11) is 0. The molecule has 2 amide bonds. The second-order valence-corrected chi connectivity index (χ2v) is 18.3. The lowest BCUT2D eigenvalue weighted by atomic mass is 10.0. The molecule has 0 saturated carbocycles. The van der Waals surface area contributed by atoms with Crippen LogP contribution in [0.4, 0.5) is 0 Å². The molecule has 0 heterocycles. The minimum absolute atomic E-state index is 0.0104. The molecule has 9 heteroatoms. The summed E-state index contributed by atoms with van der Waals surface area (Å²) in [5.74, 6) is -2.27. The van der Waals surface area contributed by atoms with Crippen LogP contribution in [0.15, 0.2) is 12.2 Å². The number of amides is 2. The Hall–Kier alpha value is -2.42. The third kappa shape index (κ3) is 44.2. The van der Waals surface area contributed by atoms with E-state index < -0.39 is 24.5 Å². The molecule has 0 aliphatic rings. The van der Waals surface area contributed by atoms with E-state index in [9.17, 15) is 19.2 Å². The number of aliphatic hydroxyl groups excluding tert-OH is 1. The normalized spacial score (nSPS) is 12.4. The first-order chi connectivity index (χ1) is 30.3. The largest absolute Gasteiger partial charge is 0.480 e. The summed E-state index contributed by atoms with van der Waals surface area (Å²) < 4.78 is 6.08. The highest BCUT2D eigenvalue weighted by Crippen LogP contribution is 2.20. The average Bonchev–Trinajstić information content (AvgIpc) is 3.26. The second-order valence-electron chi connectivity index (χ2n) is 18.3. The Morgan fingerprint density at radius 1 is 0.468 bits per heavy atom. The van der Waals surface area contributed by atoms with Crippen molar-refractivity contribution < 1.29 is 34.1 Å². The fraction of sp³-hybridized carbons (Fsp3) is 0.887. The highest BCUT2D eigenvalue weighted by Gasteiger charge is 2.19. The standard InChI is InChI=1S/C53H100N2O7/c1-3-5-7-9-11-13-15-17-19-20-21-22-24-26-28-30-32-37-41-45-52(59)62-48(42-38-34-31-29-27-25-23-18-16-14-12-10-8-6-4-2)43-39-35-33-36-40-44-50(57)54-46-51(58)55-49(47-56)53(60)61/h17,19,48-49,56H,3-16,18,20-47H2,1-2H3,(H,54,57)(H,55,58)(H,60,61)/b19-17-. The van der Waals surface area contributed by atoms with E-state index in [0.29, 0.717) is 19.3 Å². The van der Waals surface area contributed by atoms with E-state index in [0.717, 1.165) is 57.8 Å². The Bertz CT molecular complexity index is 1050. The topological polar surface area (TPSA) is 142 Å². The van der Waals surface area contributed by atoms with Gasteiger partial charge in [-0.1, -0.05) is 212 Å². The summed E-state index contributed by atoms with van der Waals surface area (Å²) >= 11 is 0. The van der Waals surface area contributed by atoms with Crippen LogP contribution in [0.3, 0.4) is 0 Å². The molecule has 0 aliphatic heterocycles. The SMILES string of the molecule is CCCCCCCC/C=C\CCCCCCCCCCCC(=O)OC(CCCCCCCCCCCCCCCCC)CCCCCCCC(=O)NCC(=O)NC(CO)C(=O)O. The van der Waals surface area contributed by atoms with Gasteiger partial charge in [-0.3, -0.25) is 14.4 Å². The van der Waals surface area contributed by atoms with Crippen molar-refractivity contribution >= 4 is 23.8 Å². The summed E-state index contributed by atoms with van der Waals surface area (Å²) in [4.78, 5) is 47.8. The van der Waals surface area contributed by atoms with Gasteiger partial charge in [0.2, 0.25) is 11.8 Å². The maximum absolute atomic E-state index is 12.9. The summed E-state index contributed by atoms with van der Waals surface area (Å²) in [6.07, 6.45) is 53.9. The molecule has 2 atom stereocenters. The van der Waals surface area contributed by atoms with Crippen LogP contribution in [-0.4, -0.2) is 59.3 Å². The Kier molecular flexibility index (Phi) is 46.2. The number of aliphatic carboxylic acids is 1.